The average molecular weight is 382 g/mol. The van der Waals surface area contributed by atoms with Crippen molar-refractivity contribution in [3.05, 3.63) is 88.7 Å². The Kier molecular flexibility index (Phi) is 5.49. The van der Waals surface area contributed by atoms with Crippen LogP contribution in [0.4, 0.5) is 8.78 Å². The van der Waals surface area contributed by atoms with Gasteiger partial charge in [0.25, 0.3) is 0 Å². The van der Waals surface area contributed by atoms with Crippen molar-refractivity contribution in [1.29, 1.82) is 0 Å². The van der Waals surface area contributed by atoms with Gasteiger partial charge >= 0.3 is 0 Å². The van der Waals surface area contributed by atoms with Crippen molar-refractivity contribution < 1.29 is 28.6 Å². The molecule has 0 saturated heterocycles. The molecule has 142 valence electrons. The predicted molar refractivity (Wildman–Crippen MR) is 101 cm³/mol. The molecular weight excluding hydrogens is 366 g/mol. The number of ketones is 1. The lowest BCUT2D eigenvalue weighted by Gasteiger charge is -2.16. The van der Waals surface area contributed by atoms with Crippen LogP contribution in [0.2, 0.25) is 0 Å². The molecule has 0 aliphatic heterocycles. The van der Waals surface area contributed by atoms with Crippen molar-refractivity contribution in [2.75, 3.05) is 0 Å². The first-order chi connectivity index (χ1) is 13.4. The molecule has 2 N–H and O–H groups in total. The molecule has 4 nitrogen and oxygen atoms in total. The molecule has 0 spiro atoms. The highest BCUT2D eigenvalue weighted by Crippen LogP contribution is 2.28. The molecule has 0 aromatic heterocycles. The third-order valence-electron chi connectivity index (χ3n) is 4.54. The Bertz CT molecular complexity index is 1100. The number of Topliss-reactive ketones (excluding diaryl/α,β-unsaturated/α-hetero) is 1. The molecule has 6 heteroatoms. The Morgan fingerprint density at radius 2 is 1.61 bits per heavy atom. The molecule has 28 heavy (non-hydrogen) atoms. The Morgan fingerprint density at radius 3 is 2.32 bits per heavy atom. The summed E-state index contributed by atoms with van der Waals surface area (Å²) in [7, 11) is 0. The number of carbonyl (C=O) groups is 2. The van der Waals surface area contributed by atoms with Gasteiger partial charge in [-0.05, 0) is 54.1 Å². The van der Waals surface area contributed by atoms with Gasteiger partial charge in [-0.25, -0.2) is 8.78 Å². The number of allylic oxidation sites excluding steroid dienone is 1. The Labute approximate surface area is 159 Å². The fourth-order valence-electron chi connectivity index (χ4n) is 3.05. The van der Waals surface area contributed by atoms with Crippen molar-refractivity contribution in [2.24, 2.45) is 0 Å². The highest BCUT2D eigenvalue weighted by molar-refractivity contribution is 6.10. The Balaban J connectivity index is 0.000000161. The maximum atomic E-state index is 12.9. The summed E-state index contributed by atoms with van der Waals surface area (Å²) in [6.45, 7) is 0. The average Bonchev–Trinajstić information content (AvgIpc) is 2.70. The van der Waals surface area contributed by atoms with Crippen molar-refractivity contribution in [1.82, 2.24) is 0 Å². The number of carbonyl (C=O) groups excluding carboxylic acids is 2. The lowest BCUT2D eigenvalue weighted by molar-refractivity contribution is 0.102. The van der Waals surface area contributed by atoms with E-state index in [1.807, 2.05) is 0 Å². The smallest absolute Gasteiger partial charge is 0.192 e. The number of phenolic OH excluding ortho intramolecular Hbond substituents is 1. The maximum absolute atomic E-state index is 12.9. The number of aliphatic hydroxyl groups is 1. The van der Waals surface area contributed by atoms with Gasteiger partial charge in [0.05, 0.1) is 11.8 Å². The van der Waals surface area contributed by atoms with Crippen LogP contribution in [0.15, 0.2) is 60.4 Å². The van der Waals surface area contributed by atoms with Crippen LogP contribution in [0.5, 0.6) is 5.75 Å². The standard InChI is InChI=1S/C11H9FO2.C11H7FO2/c2*12-9-4-3-7-1-2-8(6-13)11(14)10(7)5-9/h3-6,13H,1-2H2;1-6,14H. The van der Waals surface area contributed by atoms with E-state index in [9.17, 15) is 23.5 Å². The summed E-state index contributed by atoms with van der Waals surface area (Å²) in [4.78, 5) is 22.1. The van der Waals surface area contributed by atoms with Crippen molar-refractivity contribution in [2.45, 2.75) is 12.8 Å². The van der Waals surface area contributed by atoms with Gasteiger partial charge in [0.2, 0.25) is 0 Å². The van der Waals surface area contributed by atoms with E-state index >= 15 is 0 Å². The van der Waals surface area contributed by atoms with Gasteiger partial charge in [0.15, 0.2) is 12.1 Å². The van der Waals surface area contributed by atoms with Crippen LogP contribution in [0.25, 0.3) is 10.8 Å². The lowest BCUT2D eigenvalue weighted by atomic mass is 9.87. The van der Waals surface area contributed by atoms with Gasteiger partial charge in [-0.15, -0.1) is 0 Å². The van der Waals surface area contributed by atoms with E-state index in [4.69, 9.17) is 5.11 Å². The fourth-order valence-corrected chi connectivity index (χ4v) is 3.05. The van der Waals surface area contributed by atoms with Gasteiger partial charge in [-0.1, -0.05) is 18.2 Å². The second-order valence-electron chi connectivity index (χ2n) is 6.27. The van der Waals surface area contributed by atoms with Crippen molar-refractivity contribution >= 4 is 22.8 Å². The highest BCUT2D eigenvalue weighted by atomic mass is 19.1. The summed E-state index contributed by atoms with van der Waals surface area (Å²) in [6, 6.07) is 11.4. The summed E-state index contributed by atoms with van der Waals surface area (Å²) in [5, 5.41) is 19.4. The molecule has 0 heterocycles. The van der Waals surface area contributed by atoms with Crippen LogP contribution in [0, 0.1) is 11.6 Å². The minimum absolute atomic E-state index is 0.169. The molecule has 0 amide bonds. The van der Waals surface area contributed by atoms with Crippen LogP contribution in [-0.2, 0) is 6.42 Å². The van der Waals surface area contributed by atoms with Gasteiger partial charge in [-0.3, -0.25) is 9.59 Å². The van der Waals surface area contributed by atoms with Gasteiger partial charge in [-0.2, -0.15) is 0 Å². The maximum Gasteiger partial charge on any atom is 0.192 e. The number of phenols is 1. The zero-order valence-corrected chi connectivity index (χ0v) is 14.7. The van der Waals surface area contributed by atoms with E-state index in [1.54, 1.807) is 18.2 Å². The normalized spacial score (nSPS) is 14.4. The number of aryl methyl sites for hydroxylation is 1. The van der Waals surface area contributed by atoms with E-state index < -0.39 is 11.6 Å². The first-order valence-electron chi connectivity index (χ1n) is 8.47. The van der Waals surface area contributed by atoms with E-state index in [2.05, 4.69) is 0 Å². The van der Waals surface area contributed by atoms with E-state index in [0.717, 1.165) is 11.8 Å². The summed E-state index contributed by atoms with van der Waals surface area (Å²) in [5.74, 6) is -1.29. The van der Waals surface area contributed by atoms with Crippen LogP contribution >= 0.6 is 0 Å². The second-order valence-corrected chi connectivity index (χ2v) is 6.27. The molecule has 4 rings (SSSR count). The molecule has 0 fully saturated rings. The van der Waals surface area contributed by atoms with Crippen molar-refractivity contribution in [3.8, 4) is 5.75 Å². The van der Waals surface area contributed by atoms with Gasteiger partial charge in [0.1, 0.15) is 17.4 Å². The number of aldehydes is 1. The molecule has 0 bridgehead atoms. The van der Waals surface area contributed by atoms with E-state index in [1.165, 1.54) is 30.3 Å². The first-order valence-corrected chi connectivity index (χ1v) is 8.47. The zero-order chi connectivity index (χ0) is 20.3. The zero-order valence-electron chi connectivity index (χ0n) is 14.7. The van der Waals surface area contributed by atoms with E-state index in [0.29, 0.717) is 41.0 Å². The number of aromatic hydroxyl groups is 1. The lowest BCUT2D eigenvalue weighted by Crippen LogP contribution is -2.14. The van der Waals surface area contributed by atoms with E-state index in [-0.39, 0.29) is 17.1 Å². The molecular formula is C22H16F2O4. The topological polar surface area (TPSA) is 74.6 Å². The highest BCUT2D eigenvalue weighted by Gasteiger charge is 2.22. The molecule has 0 radical (unpaired) electrons. The first kappa shape index (κ1) is 19.2. The minimum atomic E-state index is -0.434. The number of rotatable bonds is 1. The van der Waals surface area contributed by atoms with Gasteiger partial charge in [0, 0.05) is 16.5 Å². The summed E-state index contributed by atoms with van der Waals surface area (Å²) < 4.78 is 25.7. The van der Waals surface area contributed by atoms with Crippen LogP contribution < -0.4 is 0 Å². The van der Waals surface area contributed by atoms with Crippen LogP contribution in [0.1, 0.15) is 32.7 Å². The minimum Gasteiger partial charge on any atom is -0.515 e. The molecule has 0 saturated carbocycles. The number of hydrogen-bond donors (Lipinski definition) is 2. The van der Waals surface area contributed by atoms with Crippen molar-refractivity contribution in [3.63, 3.8) is 0 Å². The predicted octanol–water partition coefficient (Wildman–Crippen LogP) is 4.89. The largest absolute Gasteiger partial charge is 0.515 e. The number of benzene rings is 3. The molecule has 1 aliphatic carbocycles. The van der Waals surface area contributed by atoms with Gasteiger partial charge < -0.3 is 10.2 Å². The number of aliphatic hydroxyl groups excluding tert-OH is 1. The second kappa shape index (κ2) is 8.00. The molecule has 1 aliphatic rings. The third kappa shape index (κ3) is 3.76. The number of halogens is 2. The molecule has 0 unspecified atom stereocenters. The quantitative estimate of drug-likeness (QED) is 0.357. The number of hydrogen-bond acceptors (Lipinski definition) is 4. The number of fused-ring (bicyclic) bond motifs is 2. The SMILES string of the molecule is O=C1C(=CO)CCc2ccc(F)cc21.O=Cc1ccc2ccc(F)cc2c1O. The summed E-state index contributed by atoms with van der Waals surface area (Å²) in [6.07, 6.45) is 2.55. The molecule has 0 atom stereocenters. The molecule has 3 aromatic rings. The fraction of sp³-hybridized carbons (Fsp3) is 0.0909. The van der Waals surface area contributed by atoms with Crippen LogP contribution in [0.3, 0.4) is 0 Å². The Hall–Kier alpha value is -3.54. The Morgan fingerprint density at radius 1 is 0.929 bits per heavy atom. The summed E-state index contributed by atoms with van der Waals surface area (Å²) >= 11 is 0. The third-order valence-corrected chi connectivity index (χ3v) is 4.54. The van der Waals surface area contributed by atoms with Crippen LogP contribution in [-0.4, -0.2) is 22.3 Å². The monoisotopic (exact) mass is 382 g/mol. The summed E-state index contributed by atoms with van der Waals surface area (Å²) in [5.41, 5.74) is 1.74. The molecule has 3 aromatic carbocycles.